The quantitative estimate of drug-likeness (QED) is 0.909. The molecular weight excluding hydrogens is 296 g/mol. The first kappa shape index (κ1) is 14.5. The number of ether oxygens (including phenoxy) is 1. The maximum Gasteiger partial charge on any atom is 0.160 e. The first-order valence-electron chi connectivity index (χ1n) is 6.82. The molecule has 2 aromatic rings. The van der Waals surface area contributed by atoms with Crippen molar-refractivity contribution in [1.29, 1.82) is 0 Å². The molecule has 0 saturated heterocycles. The van der Waals surface area contributed by atoms with Crippen LogP contribution in [0.5, 0.6) is 11.5 Å². The van der Waals surface area contributed by atoms with E-state index in [0.29, 0.717) is 10.9 Å². The Morgan fingerprint density at radius 3 is 2.64 bits per heavy atom. The molecule has 1 atom stereocenters. The summed E-state index contributed by atoms with van der Waals surface area (Å²) in [6.07, 6.45) is 2.05. The highest BCUT2D eigenvalue weighted by atomic mass is 32.2. The van der Waals surface area contributed by atoms with E-state index >= 15 is 0 Å². The zero-order valence-electron chi connectivity index (χ0n) is 12.1. The second-order valence-electron chi connectivity index (χ2n) is 4.84. The first-order chi connectivity index (χ1) is 10.7. The number of nitrogens with two attached hydrogens (primary N) is 1. The van der Waals surface area contributed by atoms with Crippen LogP contribution in [0.1, 0.15) is 16.4 Å². The van der Waals surface area contributed by atoms with Crippen LogP contribution in [0.2, 0.25) is 0 Å². The predicted octanol–water partition coefficient (Wildman–Crippen LogP) is 3.54. The van der Waals surface area contributed by atoms with Gasteiger partial charge in [0.2, 0.25) is 0 Å². The van der Waals surface area contributed by atoms with Gasteiger partial charge in [-0.3, -0.25) is 0 Å². The fraction of sp³-hybridized carbons (Fsp3) is 0.118. The van der Waals surface area contributed by atoms with Crippen LogP contribution in [0, 0.1) is 0 Å². The molecule has 112 valence electrons. The fourth-order valence-corrected chi connectivity index (χ4v) is 3.20. The van der Waals surface area contributed by atoms with Crippen LogP contribution < -0.4 is 10.5 Å². The number of phenolic OH excluding ortho intramolecular Hbond substituents is 1. The Morgan fingerprint density at radius 2 is 1.95 bits per heavy atom. The summed E-state index contributed by atoms with van der Waals surface area (Å²) in [5.41, 5.74) is 8.79. The highest BCUT2D eigenvalue weighted by Crippen LogP contribution is 2.40. The van der Waals surface area contributed by atoms with Gasteiger partial charge in [-0.2, -0.15) is 0 Å². The van der Waals surface area contributed by atoms with Crippen molar-refractivity contribution < 1.29 is 9.84 Å². The Balaban J connectivity index is 1.96. The van der Waals surface area contributed by atoms with Crippen molar-refractivity contribution in [3.05, 3.63) is 65.7 Å². The number of hydrogen-bond acceptors (Lipinski definition) is 5. The lowest BCUT2D eigenvalue weighted by molar-refractivity contribution is 0.373. The normalized spacial score (nSPS) is 17.6. The van der Waals surface area contributed by atoms with E-state index in [1.165, 1.54) is 18.9 Å². The van der Waals surface area contributed by atoms with E-state index in [2.05, 4.69) is 11.1 Å². The van der Waals surface area contributed by atoms with E-state index in [9.17, 15) is 5.11 Å². The molecule has 0 saturated carbocycles. The third-order valence-electron chi connectivity index (χ3n) is 3.39. The Bertz CT molecular complexity index is 742. The third kappa shape index (κ3) is 2.94. The number of aromatic hydroxyl groups is 1. The van der Waals surface area contributed by atoms with Gasteiger partial charge in [-0.05, 0) is 29.3 Å². The molecule has 3 N–H and O–H groups in total. The van der Waals surface area contributed by atoms with E-state index in [0.717, 1.165) is 16.8 Å². The van der Waals surface area contributed by atoms with Gasteiger partial charge in [-0.1, -0.05) is 48.2 Å². The summed E-state index contributed by atoms with van der Waals surface area (Å²) in [6.45, 7) is 0. The average Bonchev–Trinajstić information content (AvgIpc) is 2.55. The number of benzene rings is 2. The number of aliphatic imine (C=N–C) groups is 1. The lowest BCUT2D eigenvalue weighted by Gasteiger charge is -2.19. The number of rotatable bonds is 3. The molecule has 0 radical (unpaired) electrons. The summed E-state index contributed by atoms with van der Waals surface area (Å²) in [5.74, 6) is 0.579. The molecule has 0 bridgehead atoms. The Morgan fingerprint density at radius 1 is 1.18 bits per heavy atom. The SMILES string of the molecule is COc1ccc(C2C=C(c3ccccc3)N=C(N)S2)cc1O. The number of amidine groups is 1. The summed E-state index contributed by atoms with van der Waals surface area (Å²) in [6, 6.07) is 15.3. The van der Waals surface area contributed by atoms with Crippen LogP contribution in [0.25, 0.3) is 5.70 Å². The van der Waals surface area contributed by atoms with Gasteiger partial charge in [0.1, 0.15) is 0 Å². The minimum absolute atomic E-state index is 0.00418. The second-order valence-corrected chi connectivity index (χ2v) is 6.00. The van der Waals surface area contributed by atoms with Crippen molar-refractivity contribution in [2.45, 2.75) is 5.25 Å². The standard InChI is InChI=1S/C17H16N2O2S/c1-21-15-8-7-12(9-14(15)20)16-10-13(19-17(18)22-16)11-5-3-2-4-6-11/h2-10,16,20H,1H3,(H2,18,19). The van der Waals surface area contributed by atoms with Crippen LogP contribution >= 0.6 is 11.8 Å². The molecule has 0 amide bonds. The lowest BCUT2D eigenvalue weighted by Crippen LogP contribution is -2.13. The number of thioether (sulfide) groups is 1. The highest BCUT2D eigenvalue weighted by molar-refractivity contribution is 8.14. The summed E-state index contributed by atoms with van der Waals surface area (Å²) >= 11 is 1.46. The van der Waals surface area contributed by atoms with Gasteiger partial charge in [-0.25, -0.2) is 4.99 Å². The van der Waals surface area contributed by atoms with Gasteiger partial charge >= 0.3 is 0 Å². The van der Waals surface area contributed by atoms with Crippen molar-refractivity contribution in [1.82, 2.24) is 0 Å². The Hall–Kier alpha value is -2.40. The zero-order chi connectivity index (χ0) is 15.5. The van der Waals surface area contributed by atoms with E-state index in [1.807, 2.05) is 36.4 Å². The van der Waals surface area contributed by atoms with E-state index in [1.54, 1.807) is 12.1 Å². The van der Waals surface area contributed by atoms with E-state index in [4.69, 9.17) is 10.5 Å². The first-order valence-corrected chi connectivity index (χ1v) is 7.70. The van der Waals surface area contributed by atoms with Gasteiger partial charge in [0.05, 0.1) is 18.1 Å². The molecule has 0 spiro atoms. The molecule has 1 heterocycles. The van der Waals surface area contributed by atoms with Crippen LogP contribution in [-0.4, -0.2) is 17.4 Å². The average molecular weight is 312 g/mol. The molecule has 2 aromatic carbocycles. The van der Waals surface area contributed by atoms with E-state index in [-0.39, 0.29) is 11.0 Å². The van der Waals surface area contributed by atoms with Crippen molar-refractivity contribution in [2.24, 2.45) is 10.7 Å². The zero-order valence-corrected chi connectivity index (χ0v) is 12.9. The molecule has 3 rings (SSSR count). The van der Waals surface area contributed by atoms with Crippen LogP contribution in [-0.2, 0) is 0 Å². The lowest BCUT2D eigenvalue weighted by atomic mass is 10.1. The van der Waals surface area contributed by atoms with Crippen molar-refractivity contribution in [3.8, 4) is 11.5 Å². The molecule has 0 fully saturated rings. The third-order valence-corrected chi connectivity index (χ3v) is 4.38. The molecule has 0 aromatic heterocycles. The van der Waals surface area contributed by atoms with Crippen LogP contribution in [0.15, 0.2) is 59.6 Å². The second kappa shape index (κ2) is 6.15. The molecule has 0 aliphatic carbocycles. The summed E-state index contributed by atoms with van der Waals surface area (Å²) < 4.78 is 5.08. The van der Waals surface area contributed by atoms with Crippen LogP contribution in [0.4, 0.5) is 0 Å². The maximum atomic E-state index is 9.95. The maximum absolute atomic E-state index is 9.95. The monoisotopic (exact) mass is 312 g/mol. The van der Waals surface area contributed by atoms with E-state index < -0.39 is 0 Å². The molecule has 1 aliphatic rings. The Kier molecular flexibility index (Phi) is 4.06. The smallest absolute Gasteiger partial charge is 0.160 e. The largest absolute Gasteiger partial charge is 0.504 e. The minimum atomic E-state index is 0.00418. The molecule has 5 heteroatoms. The fourth-order valence-electron chi connectivity index (χ4n) is 2.31. The van der Waals surface area contributed by atoms with Crippen molar-refractivity contribution in [3.63, 3.8) is 0 Å². The Labute approximate surface area is 133 Å². The van der Waals surface area contributed by atoms with Gasteiger partial charge in [0.15, 0.2) is 16.7 Å². The number of methoxy groups -OCH3 is 1. The highest BCUT2D eigenvalue weighted by Gasteiger charge is 2.19. The van der Waals surface area contributed by atoms with Gasteiger partial charge in [0, 0.05) is 0 Å². The molecule has 1 aliphatic heterocycles. The number of hydrogen-bond donors (Lipinski definition) is 2. The van der Waals surface area contributed by atoms with Crippen LogP contribution in [0.3, 0.4) is 0 Å². The van der Waals surface area contributed by atoms with Gasteiger partial charge in [-0.15, -0.1) is 0 Å². The summed E-state index contributed by atoms with van der Waals surface area (Å²) in [7, 11) is 1.53. The summed E-state index contributed by atoms with van der Waals surface area (Å²) in [4.78, 5) is 4.42. The summed E-state index contributed by atoms with van der Waals surface area (Å²) in [5, 5.41) is 10.5. The van der Waals surface area contributed by atoms with Gasteiger partial charge in [0.25, 0.3) is 0 Å². The minimum Gasteiger partial charge on any atom is -0.504 e. The number of phenols is 1. The number of nitrogens with zero attached hydrogens (tertiary/aromatic N) is 1. The topological polar surface area (TPSA) is 67.8 Å². The van der Waals surface area contributed by atoms with Gasteiger partial charge < -0.3 is 15.6 Å². The predicted molar refractivity (Wildman–Crippen MR) is 91.0 cm³/mol. The molecule has 22 heavy (non-hydrogen) atoms. The molecule has 4 nitrogen and oxygen atoms in total. The molecule has 1 unspecified atom stereocenters. The van der Waals surface area contributed by atoms with Crippen molar-refractivity contribution >= 4 is 22.6 Å². The molecular formula is C17H16N2O2S. The van der Waals surface area contributed by atoms with Crippen molar-refractivity contribution in [2.75, 3.05) is 7.11 Å².